The number of rotatable bonds is 1. The average molecular weight is 539 g/mol. The lowest BCUT2D eigenvalue weighted by Crippen LogP contribution is -1.94. The Hall–Kier alpha value is -5.12. The van der Waals surface area contributed by atoms with Crippen molar-refractivity contribution in [3.05, 3.63) is 134 Å². The van der Waals surface area contributed by atoms with E-state index in [2.05, 4.69) is 143 Å². The van der Waals surface area contributed by atoms with Crippen LogP contribution >= 0.6 is 11.3 Å². The summed E-state index contributed by atoms with van der Waals surface area (Å²) in [6.07, 6.45) is 2.32. The highest BCUT2D eigenvalue weighted by atomic mass is 32.1. The number of hydrogen-bond acceptors (Lipinski definition) is 1. The number of thiophene rings is 1. The summed E-state index contributed by atoms with van der Waals surface area (Å²) >= 11 is 1.89. The summed E-state index contributed by atoms with van der Waals surface area (Å²) in [5.74, 6) is 0. The van der Waals surface area contributed by atoms with Crippen LogP contribution in [0.3, 0.4) is 0 Å². The van der Waals surface area contributed by atoms with Crippen molar-refractivity contribution >= 4 is 91.3 Å². The Labute approximate surface area is 238 Å². The van der Waals surface area contributed by atoms with Crippen LogP contribution in [-0.2, 0) is 0 Å². The molecule has 0 aliphatic rings. The molecule has 0 radical (unpaired) electrons. The van der Waals surface area contributed by atoms with Gasteiger partial charge in [0.15, 0.2) is 0 Å². The molecule has 6 aromatic carbocycles. The molecule has 0 aliphatic carbocycles. The van der Waals surface area contributed by atoms with Crippen LogP contribution in [0.5, 0.6) is 0 Å². The van der Waals surface area contributed by atoms with Crippen LogP contribution in [0.25, 0.3) is 85.6 Å². The third-order valence-corrected chi connectivity index (χ3v) is 9.98. The molecule has 0 aliphatic heterocycles. The van der Waals surface area contributed by atoms with Crippen molar-refractivity contribution in [3.63, 3.8) is 0 Å². The third-order valence-electron chi connectivity index (χ3n) is 8.85. The van der Waals surface area contributed by atoms with Gasteiger partial charge in [0.25, 0.3) is 0 Å². The van der Waals surface area contributed by atoms with Crippen molar-refractivity contribution in [2.45, 2.75) is 0 Å². The first-order valence-corrected chi connectivity index (χ1v) is 14.8. The van der Waals surface area contributed by atoms with Crippen molar-refractivity contribution in [1.82, 2.24) is 8.97 Å². The number of aromatic nitrogens is 2. The van der Waals surface area contributed by atoms with Crippen molar-refractivity contribution in [1.29, 1.82) is 0 Å². The van der Waals surface area contributed by atoms with Gasteiger partial charge >= 0.3 is 0 Å². The SMILES string of the molecule is c1ccc(-n2c3ccccc3c3cc4c5cc6c(cc5n5cc7ccccc7c5c4cc32)sc2ccccc26)cc1. The van der Waals surface area contributed by atoms with E-state index < -0.39 is 0 Å². The fourth-order valence-corrected chi connectivity index (χ4v) is 8.21. The van der Waals surface area contributed by atoms with Crippen LogP contribution in [0.1, 0.15) is 0 Å². The molecule has 41 heavy (non-hydrogen) atoms. The van der Waals surface area contributed by atoms with Gasteiger partial charge in [-0.2, -0.15) is 0 Å². The zero-order chi connectivity index (χ0) is 26.7. The van der Waals surface area contributed by atoms with E-state index in [1.807, 2.05) is 11.3 Å². The number of fused-ring (bicyclic) bond motifs is 14. The van der Waals surface area contributed by atoms with Crippen LogP contribution < -0.4 is 0 Å². The largest absolute Gasteiger partial charge is 0.315 e. The summed E-state index contributed by atoms with van der Waals surface area (Å²) in [4.78, 5) is 0. The van der Waals surface area contributed by atoms with Crippen LogP contribution in [0.15, 0.2) is 134 Å². The van der Waals surface area contributed by atoms with E-state index in [0.717, 1.165) is 0 Å². The molecule has 190 valence electrons. The molecular weight excluding hydrogens is 516 g/mol. The Balaban J connectivity index is 1.49. The maximum atomic E-state index is 2.46. The van der Waals surface area contributed by atoms with Gasteiger partial charge in [-0.05, 0) is 53.9 Å². The number of benzene rings is 6. The van der Waals surface area contributed by atoms with Gasteiger partial charge in [-0.3, -0.25) is 0 Å². The summed E-state index contributed by atoms with van der Waals surface area (Å²) in [6, 6.07) is 46.9. The summed E-state index contributed by atoms with van der Waals surface area (Å²) in [6.45, 7) is 0. The normalized spacial score (nSPS) is 12.4. The Morgan fingerprint density at radius 2 is 1.12 bits per heavy atom. The first kappa shape index (κ1) is 21.7. The van der Waals surface area contributed by atoms with Crippen LogP contribution in [-0.4, -0.2) is 8.97 Å². The van der Waals surface area contributed by atoms with Crippen molar-refractivity contribution in [2.75, 3.05) is 0 Å². The molecule has 3 heteroatoms. The number of para-hydroxylation sites is 2. The van der Waals surface area contributed by atoms with E-state index in [1.54, 1.807) is 0 Å². The third kappa shape index (κ3) is 2.81. The molecule has 2 nitrogen and oxygen atoms in total. The van der Waals surface area contributed by atoms with Crippen LogP contribution in [0.4, 0.5) is 0 Å². The molecule has 0 atom stereocenters. The Morgan fingerprint density at radius 1 is 0.415 bits per heavy atom. The fourth-order valence-electron chi connectivity index (χ4n) is 7.09. The number of hydrogen-bond donors (Lipinski definition) is 0. The van der Waals surface area contributed by atoms with Crippen molar-refractivity contribution in [3.8, 4) is 5.69 Å². The lowest BCUT2D eigenvalue weighted by atomic mass is 9.99. The second kappa shape index (κ2) is 7.75. The highest BCUT2D eigenvalue weighted by molar-refractivity contribution is 7.25. The van der Waals surface area contributed by atoms with E-state index in [9.17, 15) is 0 Å². The highest BCUT2D eigenvalue weighted by Gasteiger charge is 2.19. The molecule has 0 fully saturated rings. The van der Waals surface area contributed by atoms with Gasteiger partial charge in [0.05, 0.1) is 22.1 Å². The smallest absolute Gasteiger partial charge is 0.0614 e. The highest BCUT2D eigenvalue weighted by Crippen LogP contribution is 2.43. The molecule has 4 heterocycles. The van der Waals surface area contributed by atoms with Gasteiger partial charge in [-0.15, -0.1) is 11.3 Å². The maximum Gasteiger partial charge on any atom is 0.0614 e. The second-order valence-electron chi connectivity index (χ2n) is 11.0. The molecule has 0 saturated carbocycles. The Kier molecular flexibility index (Phi) is 4.10. The van der Waals surface area contributed by atoms with Crippen molar-refractivity contribution < 1.29 is 0 Å². The first-order valence-electron chi connectivity index (χ1n) is 14.0. The molecule has 0 bridgehead atoms. The number of pyridine rings is 1. The van der Waals surface area contributed by atoms with E-state index in [-0.39, 0.29) is 0 Å². The van der Waals surface area contributed by atoms with Crippen molar-refractivity contribution in [2.24, 2.45) is 0 Å². The molecule has 0 saturated heterocycles. The number of nitrogens with zero attached hydrogens (tertiary/aromatic N) is 2. The van der Waals surface area contributed by atoms with Crippen LogP contribution in [0.2, 0.25) is 0 Å². The molecular formula is C38H22N2S. The Morgan fingerprint density at radius 3 is 2.02 bits per heavy atom. The minimum absolute atomic E-state index is 1.18. The van der Waals surface area contributed by atoms with E-state index >= 15 is 0 Å². The average Bonchev–Trinajstić information content (AvgIpc) is 3.69. The molecule has 10 aromatic rings. The van der Waals surface area contributed by atoms with Gasteiger partial charge in [-0.25, -0.2) is 0 Å². The van der Waals surface area contributed by atoms with E-state index in [0.29, 0.717) is 0 Å². The van der Waals surface area contributed by atoms with Gasteiger partial charge in [0, 0.05) is 64.4 Å². The van der Waals surface area contributed by atoms with Crippen LogP contribution in [0, 0.1) is 0 Å². The zero-order valence-electron chi connectivity index (χ0n) is 22.0. The summed E-state index contributed by atoms with van der Waals surface area (Å²) < 4.78 is 7.53. The molecule has 10 rings (SSSR count). The summed E-state index contributed by atoms with van der Waals surface area (Å²) in [7, 11) is 0. The zero-order valence-corrected chi connectivity index (χ0v) is 22.8. The topological polar surface area (TPSA) is 9.34 Å². The van der Waals surface area contributed by atoms with E-state index in [1.165, 1.54) is 85.6 Å². The van der Waals surface area contributed by atoms with Gasteiger partial charge < -0.3 is 8.97 Å². The minimum Gasteiger partial charge on any atom is -0.315 e. The first-order chi connectivity index (χ1) is 20.3. The quantitative estimate of drug-likeness (QED) is 0.184. The predicted octanol–water partition coefficient (Wildman–Crippen LogP) is 10.9. The predicted molar refractivity (Wildman–Crippen MR) is 177 cm³/mol. The molecule has 4 aromatic heterocycles. The summed E-state index contributed by atoms with van der Waals surface area (Å²) in [5, 5.41) is 11.7. The second-order valence-corrected chi connectivity index (χ2v) is 12.1. The van der Waals surface area contributed by atoms with Gasteiger partial charge in [0.1, 0.15) is 0 Å². The minimum atomic E-state index is 1.18. The van der Waals surface area contributed by atoms with Gasteiger partial charge in [0.2, 0.25) is 0 Å². The summed E-state index contributed by atoms with van der Waals surface area (Å²) in [5.41, 5.74) is 6.18. The monoisotopic (exact) mass is 538 g/mol. The molecule has 0 spiro atoms. The molecule has 0 N–H and O–H groups in total. The van der Waals surface area contributed by atoms with E-state index in [4.69, 9.17) is 0 Å². The lowest BCUT2D eigenvalue weighted by Gasteiger charge is -2.12. The Bertz CT molecular complexity index is 2690. The van der Waals surface area contributed by atoms with Gasteiger partial charge in [-0.1, -0.05) is 78.9 Å². The molecule has 0 amide bonds. The standard InChI is InChI=1S/C38H22N2S/c1-2-11-24(12-3-1)40-33-16-8-6-14-26(33)29-18-28-30-19-31-27-15-7-9-17-36(27)41-37(31)21-34(30)39-22-23-10-4-5-13-25(23)38(39)32(28)20-35(29)40/h1-22H. The fraction of sp³-hybridized carbons (Fsp3) is 0. The maximum absolute atomic E-state index is 2.46. The molecule has 0 unspecified atom stereocenters. The lowest BCUT2D eigenvalue weighted by molar-refractivity contribution is 1.18.